The van der Waals surface area contributed by atoms with Gasteiger partial charge < -0.3 is 15.5 Å². The SMILES string of the molecule is Cc1nc(NC2CNC2)cc(N(C)C2CCCC2)n1. The standard InChI is InChI=1S/C14H23N5/c1-10-16-13(18-11-8-15-9-11)7-14(17-10)19(2)12-5-3-4-6-12/h7,11-12,15H,3-6,8-9H2,1-2H3,(H,16,17,18). The predicted octanol–water partition coefficient (Wildman–Crippen LogP) is 1.55. The average molecular weight is 261 g/mol. The maximum absolute atomic E-state index is 4.59. The van der Waals surface area contributed by atoms with Gasteiger partial charge in [-0.15, -0.1) is 0 Å². The van der Waals surface area contributed by atoms with Crippen molar-refractivity contribution in [2.75, 3.05) is 30.4 Å². The van der Waals surface area contributed by atoms with Crippen molar-refractivity contribution in [3.05, 3.63) is 11.9 Å². The fourth-order valence-electron chi connectivity index (χ4n) is 2.89. The second-order valence-electron chi connectivity index (χ2n) is 5.71. The summed E-state index contributed by atoms with van der Waals surface area (Å²) in [7, 11) is 2.16. The van der Waals surface area contributed by atoms with Crippen LogP contribution in [0.15, 0.2) is 6.07 Å². The summed E-state index contributed by atoms with van der Waals surface area (Å²) in [5.41, 5.74) is 0. The third-order valence-corrected chi connectivity index (χ3v) is 4.19. The van der Waals surface area contributed by atoms with Gasteiger partial charge in [0.2, 0.25) is 0 Å². The normalized spacial score (nSPS) is 20.3. The molecule has 2 heterocycles. The highest BCUT2D eigenvalue weighted by molar-refractivity contribution is 5.50. The summed E-state index contributed by atoms with van der Waals surface area (Å²) in [4.78, 5) is 11.4. The molecule has 19 heavy (non-hydrogen) atoms. The van der Waals surface area contributed by atoms with Crippen molar-refractivity contribution >= 4 is 11.6 Å². The minimum absolute atomic E-state index is 0.513. The van der Waals surface area contributed by atoms with Crippen LogP contribution < -0.4 is 15.5 Å². The summed E-state index contributed by atoms with van der Waals surface area (Å²) in [5.74, 6) is 2.85. The molecule has 0 atom stereocenters. The highest BCUT2D eigenvalue weighted by Crippen LogP contribution is 2.27. The Morgan fingerprint density at radius 1 is 1.26 bits per heavy atom. The van der Waals surface area contributed by atoms with E-state index in [1.54, 1.807) is 0 Å². The molecule has 0 unspecified atom stereocenters. The Morgan fingerprint density at radius 3 is 2.63 bits per heavy atom. The van der Waals surface area contributed by atoms with E-state index in [4.69, 9.17) is 0 Å². The number of aryl methyl sites for hydroxylation is 1. The third kappa shape index (κ3) is 2.81. The van der Waals surface area contributed by atoms with E-state index in [0.29, 0.717) is 12.1 Å². The van der Waals surface area contributed by atoms with Gasteiger partial charge in [0.05, 0.1) is 6.04 Å². The molecule has 1 saturated carbocycles. The van der Waals surface area contributed by atoms with Crippen molar-refractivity contribution in [2.24, 2.45) is 0 Å². The fraction of sp³-hybridized carbons (Fsp3) is 0.714. The predicted molar refractivity (Wildman–Crippen MR) is 77.7 cm³/mol. The minimum atomic E-state index is 0.513. The van der Waals surface area contributed by atoms with Crippen LogP contribution in [0, 0.1) is 6.92 Å². The van der Waals surface area contributed by atoms with Gasteiger partial charge in [-0.25, -0.2) is 9.97 Å². The molecule has 1 aliphatic carbocycles. The first-order chi connectivity index (χ1) is 9.22. The van der Waals surface area contributed by atoms with Gasteiger partial charge in [0.25, 0.3) is 0 Å². The zero-order chi connectivity index (χ0) is 13.2. The van der Waals surface area contributed by atoms with E-state index >= 15 is 0 Å². The van der Waals surface area contributed by atoms with Gasteiger partial charge in [-0.3, -0.25) is 0 Å². The summed E-state index contributed by atoms with van der Waals surface area (Å²) < 4.78 is 0. The Balaban J connectivity index is 1.75. The van der Waals surface area contributed by atoms with Gasteiger partial charge in [-0.1, -0.05) is 12.8 Å². The number of anilines is 2. The van der Waals surface area contributed by atoms with E-state index in [1.165, 1.54) is 25.7 Å². The second-order valence-corrected chi connectivity index (χ2v) is 5.71. The fourth-order valence-corrected chi connectivity index (χ4v) is 2.89. The van der Waals surface area contributed by atoms with E-state index in [-0.39, 0.29) is 0 Å². The van der Waals surface area contributed by atoms with Crippen LogP contribution in [0.5, 0.6) is 0 Å². The number of nitrogens with zero attached hydrogens (tertiary/aromatic N) is 3. The molecular weight excluding hydrogens is 238 g/mol. The van der Waals surface area contributed by atoms with Gasteiger partial charge in [0.1, 0.15) is 17.5 Å². The monoisotopic (exact) mass is 261 g/mol. The Morgan fingerprint density at radius 2 is 2.00 bits per heavy atom. The molecule has 0 radical (unpaired) electrons. The number of aromatic nitrogens is 2. The number of hydrogen-bond acceptors (Lipinski definition) is 5. The Labute approximate surface area is 114 Å². The van der Waals surface area contributed by atoms with Crippen molar-refractivity contribution in [2.45, 2.75) is 44.7 Å². The molecule has 0 spiro atoms. The highest BCUT2D eigenvalue weighted by Gasteiger charge is 2.22. The zero-order valence-electron chi connectivity index (χ0n) is 11.8. The molecule has 2 N–H and O–H groups in total. The van der Waals surface area contributed by atoms with Crippen LogP contribution in [0.4, 0.5) is 11.6 Å². The molecule has 5 nitrogen and oxygen atoms in total. The Hall–Kier alpha value is -1.36. The molecule has 0 aromatic carbocycles. The molecule has 1 aromatic rings. The molecule has 0 bridgehead atoms. The molecular formula is C14H23N5. The maximum Gasteiger partial charge on any atom is 0.134 e. The average Bonchev–Trinajstić information content (AvgIpc) is 2.86. The summed E-state index contributed by atoms with van der Waals surface area (Å²) >= 11 is 0. The molecule has 2 aliphatic rings. The van der Waals surface area contributed by atoms with Gasteiger partial charge in [0.15, 0.2) is 0 Å². The van der Waals surface area contributed by atoms with E-state index in [1.807, 2.05) is 6.92 Å². The molecule has 1 aliphatic heterocycles. The largest absolute Gasteiger partial charge is 0.365 e. The lowest BCUT2D eigenvalue weighted by molar-refractivity contribution is 0.471. The van der Waals surface area contributed by atoms with Crippen molar-refractivity contribution < 1.29 is 0 Å². The molecule has 1 aromatic heterocycles. The van der Waals surface area contributed by atoms with Crippen LogP contribution in [0.3, 0.4) is 0 Å². The van der Waals surface area contributed by atoms with E-state index in [9.17, 15) is 0 Å². The lowest BCUT2D eigenvalue weighted by Crippen LogP contribution is -2.51. The number of hydrogen-bond donors (Lipinski definition) is 2. The second kappa shape index (κ2) is 5.33. The maximum atomic E-state index is 4.59. The topological polar surface area (TPSA) is 53.1 Å². The highest BCUT2D eigenvalue weighted by atomic mass is 15.2. The molecule has 104 valence electrons. The molecule has 5 heteroatoms. The van der Waals surface area contributed by atoms with Crippen molar-refractivity contribution in [1.29, 1.82) is 0 Å². The van der Waals surface area contributed by atoms with Crippen molar-refractivity contribution in [3.63, 3.8) is 0 Å². The zero-order valence-corrected chi connectivity index (χ0v) is 11.8. The first kappa shape index (κ1) is 12.7. The quantitative estimate of drug-likeness (QED) is 0.861. The number of rotatable bonds is 4. The summed E-state index contributed by atoms with van der Waals surface area (Å²) in [6.07, 6.45) is 5.26. The lowest BCUT2D eigenvalue weighted by Gasteiger charge is -2.30. The van der Waals surface area contributed by atoms with Gasteiger partial charge in [-0.2, -0.15) is 0 Å². The summed E-state index contributed by atoms with van der Waals surface area (Å²) in [6, 6.07) is 3.25. The molecule has 2 fully saturated rings. The first-order valence-corrected chi connectivity index (χ1v) is 7.28. The summed E-state index contributed by atoms with van der Waals surface area (Å²) in [6.45, 7) is 4.02. The molecule has 1 saturated heterocycles. The molecule has 0 amide bonds. The van der Waals surface area contributed by atoms with E-state index in [2.05, 4.69) is 38.6 Å². The van der Waals surface area contributed by atoms with Crippen LogP contribution in [-0.4, -0.2) is 42.2 Å². The van der Waals surface area contributed by atoms with Crippen LogP contribution in [-0.2, 0) is 0 Å². The van der Waals surface area contributed by atoms with Gasteiger partial charge in [0, 0.05) is 32.2 Å². The van der Waals surface area contributed by atoms with Crippen LogP contribution in [0.25, 0.3) is 0 Å². The molecule has 3 rings (SSSR count). The Bertz CT molecular complexity index is 437. The van der Waals surface area contributed by atoms with Crippen molar-refractivity contribution in [3.8, 4) is 0 Å². The van der Waals surface area contributed by atoms with Crippen LogP contribution in [0.2, 0.25) is 0 Å². The van der Waals surface area contributed by atoms with Gasteiger partial charge >= 0.3 is 0 Å². The van der Waals surface area contributed by atoms with Crippen molar-refractivity contribution in [1.82, 2.24) is 15.3 Å². The lowest BCUT2D eigenvalue weighted by atomic mass is 10.2. The van der Waals surface area contributed by atoms with E-state index < -0.39 is 0 Å². The number of nitrogens with one attached hydrogen (secondary N) is 2. The summed E-state index contributed by atoms with van der Waals surface area (Å²) in [5, 5.41) is 6.73. The Kier molecular flexibility index (Phi) is 3.55. The van der Waals surface area contributed by atoms with Crippen LogP contribution in [0.1, 0.15) is 31.5 Å². The van der Waals surface area contributed by atoms with E-state index in [0.717, 1.165) is 30.5 Å². The third-order valence-electron chi connectivity index (χ3n) is 4.19. The van der Waals surface area contributed by atoms with Crippen LogP contribution >= 0.6 is 0 Å². The first-order valence-electron chi connectivity index (χ1n) is 7.28. The minimum Gasteiger partial charge on any atom is -0.365 e. The van der Waals surface area contributed by atoms with Gasteiger partial charge in [-0.05, 0) is 19.8 Å². The smallest absolute Gasteiger partial charge is 0.134 e.